The van der Waals surface area contributed by atoms with Crippen LogP contribution in [-0.2, 0) is 14.7 Å². The third kappa shape index (κ3) is 4.78. The summed E-state index contributed by atoms with van der Waals surface area (Å²) in [7, 11) is -3.25. The Morgan fingerprint density at radius 3 is 2.52 bits per heavy atom. The highest BCUT2D eigenvalue weighted by Crippen LogP contribution is 2.48. The number of halogens is 1. The number of furan rings is 1. The van der Waals surface area contributed by atoms with Crippen molar-refractivity contribution in [2.75, 3.05) is 24.2 Å². The lowest BCUT2D eigenvalue weighted by atomic mass is 9.79. The number of benzene rings is 3. The Kier molecular flexibility index (Phi) is 6.68. The third-order valence-electron chi connectivity index (χ3n) is 7.58. The maximum absolute atomic E-state index is 13.6. The zero-order chi connectivity index (χ0) is 28.2. The summed E-state index contributed by atoms with van der Waals surface area (Å²) < 4.78 is 53.2. The van der Waals surface area contributed by atoms with Crippen molar-refractivity contribution in [3.8, 4) is 11.3 Å². The van der Waals surface area contributed by atoms with Gasteiger partial charge in [-0.2, -0.15) is 0 Å². The summed E-state index contributed by atoms with van der Waals surface area (Å²) in [4.78, 5) is 13.0. The highest BCUT2D eigenvalue weighted by Gasteiger charge is 2.37. The van der Waals surface area contributed by atoms with Crippen LogP contribution >= 0.6 is 0 Å². The van der Waals surface area contributed by atoms with Gasteiger partial charge < -0.3 is 19.4 Å². The van der Waals surface area contributed by atoms with Gasteiger partial charge in [0, 0.05) is 30.6 Å². The van der Waals surface area contributed by atoms with Crippen LogP contribution in [0.2, 0.25) is 0 Å². The van der Waals surface area contributed by atoms with E-state index in [0.717, 1.165) is 30.2 Å². The second-order valence-electron chi connectivity index (χ2n) is 10.3. The van der Waals surface area contributed by atoms with E-state index < -0.39 is 29.1 Å². The van der Waals surface area contributed by atoms with Crippen LogP contribution in [0.25, 0.3) is 22.3 Å². The molecular formula is C29H28BFN2O6S. The van der Waals surface area contributed by atoms with Gasteiger partial charge in [0.1, 0.15) is 17.2 Å². The smallest absolute Gasteiger partial charge is 0.455 e. The maximum Gasteiger partial charge on any atom is 0.491 e. The molecule has 0 radical (unpaired) electrons. The molecule has 1 fully saturated rings. The number of carbonyl (C=O) groups is 1. The Balaban J connectivity index is 1.44. The van der Waals surface area contributed by atoms with Gasteiger partial charge in [-0.3, -0.25) is 9.10 Å². The minimum atomic E-state index is -3.73. The van der Waals surface area contributed by atoms with Crippen LogP contribution in [0.5, 0.6) is 0 Å². The highest BCUT2D eigenvalue weighted by molar-refractivity contribution is 7.92. The maximum atomic E-state index is 13.6. The van der Waals surface area contributed by atoms with Crippen molar-refractivity contribution in [3.63, 3.8) is 0 Å². The first-order valence-corrected chi connectivity index (χ1v) is 15.0. The summed E-state index contributed by atoms with van der Waals surface area (Å²) in [5.74, 6) is -0.340. The van der Waals surface area contributed by atoms with Crippen molar-refractivity contribution in [2.24, 2.45) is 0 Å². The number of hydrogen-bond acceptors (Lipinski definition) is 6. The van der Waals surface area contributed by atoms with Crippen LogP contribution in [-0.4, -0.2) is 46.3 Å². The molecular weight excluding hydrogens is 534 g/mol. The Bertz CT molecular complexity index is 1720. The Labute approximate surface area is 231 Å². The van der Waals surface area contributed by atoms with Gasteiger partial charge in [-0.25, -0.2) is 12.8 Å². The summed E-state index contributed by atoms with van der Waals surface area (Å²) in [6.45, 7) is 0.115. The second-order valence-corrected chi connectivity index (χ2v) is 12.2. The summed E-state index contributed by atoms with van der Waals surface area (Å²) in [5, 5.41) is 13.5. The molecule has 40 heavy (non-hydrogen) atoms. The lowest BCUT2D eigenvalue weighted by Crippen LogP contribution is -2.32. The zero-order valence-electron chi connectivity index (χ0n) is 22.1. The van der Waals surface area contributed by atoms with E-state index in [0.29, 0.717) is 39.7 Å². The van der Waals surface area contributed by atoms with E-state index in [1.54, 1.807) is 24.3 Å². The molecule has 1 amide bonds. The molecule has 11 heteroatoms. The molecule has 0 bridgehead atoms. The van der Waals surface area contributed by atoms with Crippen LogP contribution in [0.4, 0.5) is 10.1 Å². The number of hydrogen-bond donors (Lipinski definition) is 2. The first-order valence-electron chi connectivity index (χ1n) is 13.1. The predicted octanol–water partition coefficient (Wildman–Crippen LogP) is 4.09. The highest BCUT2D eigenvalue weighted by atomic mass is 32.2. The summed E-state index contributed by atoms with van der Waals surface area (Å²) in [5.41, 5.74) is 4.03. The molecule has 2 aliphatic rings. The fraction of sp³-hybridized carbons (Fsp3) is 0.276. The van der Waals surface area contributed by atoms with E-state index in [9.17, 15) is 22.6 Å². The normalized spacial score (nSPS) is 16.8. The average molecular weight is 562 g/mol. The quantitative estimate of drug-likeness (QED) is 0.313. The molecule has 1 saturated carbocycles. The first-order chi connectivity index (χ1) is 19.2. The molecule has 6 rings (SSSR count). The van der Waals surface area contributed by atoms with Gasteiger partial charge >= 0.3 is 7.12 Å². The van der Waals surface area contributed by atoms with E-state index in [-0.39, 0.29) is 24.1 Å². The number of rotatable bonds is 8. The van der Waals surface area contributed by atoms with Gasteiger partial charge in [-0.1, -0.05) is 24.3 Å². The number of sulfonamides is 1. The van der Waals surface area contributed by atoms with E-state index >= 15 is 0 Å². The van der Waals surface area contributed by atoms with Crippen molar-refractivity contribution in [2.45, 2.75) is 31.3 Å². The molecule has 1 aromatic heterocycles. The number of anilines is 1. The molecule has 1 aliphatic carbocycles. The molecule has 206 valence electrons. The van der Waals surface area contributed by atoms with Crippen LogP contribution in [0.1, 0.15) is 52.8 Å². The van der Waals surface area contributed by atoms with Gasteiger partial charge in [0.2, 0.25) is 10.0 Å². The average Bonchev–Trinajstić information content (AvgIpc) is 3.64. The molecule has 8 nitrogen and oxygen atoms in total. The monoisotopic (exact) mass is 562 g/mol. The predicted molar refractivity (Wildman–Crippen MR) is 152 cm³/mol. The minimum Gasteiger partial charge on any atom is -0.455 e. The molecule has 0 spiro atoms. The fourth-order valence-corrected chi connectivity index (χ4v) is 6.45. The van der Waals surface area contributed by atoms with Crippen LogP contribution in [0.15, 0.2) is 65.1 Å². The van der Waals surface area contributed by atoms with Gasteiger partial charge in [0.15, 0.2) is 0 Å². The van der Waals surface area contributed by atoms with Crippen molar-refractivity contribution < 1.29 is 31.7 Å². The number of fused-ring (bicyclic) bond motifs is 2. The van der Waals surface area contributed by atoms with E-state index in [4.69, 9.17) is 9.07 Å². The second kappa shape index (κ2) is 10.1. The van der Waals surface area contributed by atoms with E-state index in [2.05, 4.69) is 5.32 Å². The largest absolute Gasteiger partial charge is 0.491 e. The zero-order valence-corrected chi connectivity index (χ0v) is 22.9. The molecule has 3 aromatic carbocycles. The first kappa shape index (κ1) is 26.6. The Morgan fingerprint density at radius 1 is 1.12 bits per heavy atom. The van der Waals surface area contributed by atoms with Gasteiger partial charge in [-0.15, -0.1) is 0 Å². The topological polar surface area (TPSA) is 109 Å². The summed E-state index contributed by atoms with van der Waals surface area (Å²) in [6.07, 6.45) is 2.83. The van der Waals surface area contributed by atoms with Crippen molar-refractivity contribution in [1.29, 1.82) is 0 Å². The van der Waals surface area contributed by atoms with Crippen LogP contribution in [0.3, 0.4) is 0 Å². The summed E-state index contributed by atoms with van der Waals surface area (Å²) in [6, 6.07) is 16.6. The Hall–Kier alpha value is -3.67. The molecule has 2 N–H and O–H groups in total. The number of amides is 1. The lowest BCUT2D eigenvalue weighted by molar-refractivity contribution is 0.0964. The van der Waals surface area contributed by atoms with Crippen LogP contribution < -0.4 is 15.1 Å². The van der Waals surface area contributed by atoms with Crippen molar-refractivity contribution in [3.05, 3.63) is 83.2 Å². The Morgan fingerprint density at radius 2 is 1.85 bits per heavy atom. The van der Waals surface area contributed by atoms with E-state index in [1.165, 1.54) is 23.5 Å². The summed E-state index contributed by atoms with van der Waals surface area (Å²) >= 11 is 0. The number of nitrogens with zero attached hydrogens (tertiary/aromatic N) is 1. The van der Waals surface area contributed by atoms with Crippen LogP contribution in [0, 0.1) is 5.82 Å². The molecule has 2 heterocycles. The third-order valence-corrected chi connectivity index (χ3v) is 8.76. The molecule has 1 atom stereocenters. The SMILES string of the molecule is CNC(=O)c1c(-c2ccc(F)cc2)oc2cc(N(CC[C@H]3OB(O)c4ccccc43)S(C)(=O)=O)c(C3CC3)cc12. The van der Waals surface area contributed by atoms with Gasteiger partial charge in [0.25, 0.3) is 5.91 Å². The van der Waals surface area contributed by atoms with Gasteiger partial charge in [0.05, 0.1) is 23.6 Å². The fourth-order valence-electron chi connectivity index (χ4n) is 5.50. The lowest BCUT2D eigenvalue weighted by Gasteiger charge is -2.26. The standard InChI is InChI=1S/C29H28BFN2O6S/c1-32-29(34)27-22-15-21(17-7-8-17)24(16-26(22)38-28(27)18-9-11-19(31)12-10-18)33(40(2,36)37)14-13-25-20-5-3-4-6-23(20)30(35)39-25/h3-6,9-12,15-17,25,35H,7-8,13-14H2,1-2H3,(H,32,34)/t25-/m1/s1. The van der Waals surface area contributed by atoms with Gasteiger partial charge in [-0.05, 0) is 72.1 Å². The van der Waals surface area contributed by atoms with Crippen molar-refractivity contribution >= 4 is 45.2 Å². The molecule has 0 unspecified atom stereocenters. The molecule has 0 saturated heterocycles. The van der Waals surface area contributed by atoms with Crippen molar-refractivity contribution in [1.82, 2.24) is 5.32 Å². The minimum absolute atomic E-state index is 0.115. The number of nitrogens with one attached hydrogen (secondary N) is 1. The number of carbonyl (C=O) groups excluding carboxylic acids is 1. The molecule has 4 aromatic rings. The van der Waals surface area contributed by atoms with E-state index in [1.807, 2.05) is 24.3 Å². The molecule has 1 aliphatic heterocycles.